The lowest BCUT2D eigenvalue weighted by Crippen LogP contribution is -2.27. The Balaban J connectivity index is 2.14. The molecule has 0 amide bonds. The maximum absolute atomic E-state index is 12.4. The summed E-state index contributed by atoms with van der Waals surface area (Å²) in [7, 11) is 0. The molecule has 0 aliphatic heterocycles. The van der Waals surface area contributed by atoms with E-state index in [1.54, 1.807) is 48.8 Å². The van der Waals surface area contributed by atoms with Crippen molar-refractivity contribution in [3.63, 3.8) is 0 Å². The van der Waals surface area contributed by atoms with Crippen molar-refractivity contribution >= 4 is 17.4 Å². The van der Waals surface area contributed by atoms with E-state index >= 15 is 0 Å². The summed E-state index contributed by atoms with van der Waals surface area (Å²) in [5.41, 5.74) is 0.569. The van der Waals surface area contributed by atoms with Gasteiger partial charge in [0, 0.05) is 23.0 Å². The van der Waals surface area contributed by atoms with Crippen LogP contribution in [0.15, 0.2) is 48.8 Å². The third kappa shape index (κ3) is 3.81. The number of rotatable bonds is 6. The molecule has 0 saturated carbocycles. The number of halogens is 1. The van der Waals surface area contributed by atoms with Crippen LogP contribution in [0.3, 0.4) is 0 Å². The summed E-state index contributed by atoms with van der Waals surface area (Å²) < 4.78 is 5.79. The number of aromatic nitrogens is 1. The molecule has 2 aromatic rings. The summed E-state index contributed by atoms with van der Waals surface area (Å²) >= 11 is 5.84. The number of nitrogens with zero attached hydrogens (tertiary/aromatic N) is 1. The van der Waals surface area contributed by atoms with E-state index in [0.29, 0.717) is 22.8 Å². The molecule has 0 N–H and O–H groups in total. The van der Waals surface area contributed by atoms with E-state index in [1.165, 1.54) is 0 Å². The predicted molar refractivity (Wildman–Crippen MR) is 79.3 cm³/mol. The van der Waals surface area contributed by atoms with E-state index in [-0.39, 0.29) is 5.78 Å². The summed E-state index contributed by atoms with van der Waals surface area (Å²) in [5, 5.41) is 0.642. The van der Waals surface area contributed by atoms with Gasteiger partial charge in [0.05, 0.1) is 0 Å². The number of hydrogen-bond acceptors (Lipinski definition) is 3. The Labute approximate surface area is 123 Å². The van der Waals surface area contributed by atoms with Crippen LogP contribution < -0.4 is 4.74 Å². The first-order chi connectivity index (χ1) is 9.70. The summed E-state index contributed by atoms with van der Waals surface area (Å²) in [5.74, 6) is 0.597. The van der Waals surface area contributed by atoms with Crippen LogP contribution in [0.1, 0.15) is 30.1 Å². The smallest absolute Gasteiger partial charge is 0.204 e. The molecule has 0 bridgehead atoms. The minimum absolute atomic E-state index is 0.0464. The summed E-state index contributed by atoms with van der Waals surface area (Å²) in [6, 6.07) is 10.5. The molecule has 0 saturated heterocycles. The van der Waals surface area contributed by atoms with Gasteiger partial charge in [0.15, 0.2) is 6.10 Å². The Morgan fingerprint density at radius 2 is 2.05 bits per heavy atom. The highest BCUT2D eigenvalue weighted by atomic mass is 35.5. The van der Waals surface area contributed by atoms with Crippen LogP contribution in [0, 0.1) is 0 Å². The van der Waals surface area contributed by atoms with E-state index < -0.39 is 6.10 Å². The molecule has 1 aromatic carbocycles. The van der Waals surface area contributed by atoms with Crippen LogP contribution in [0.5, 0.6) is 5.75 Å². The van der Waals surface area contributed by atoms with Crippen LogP contribution in [0.4, 0.5) is 0 Å². The lowest BCUT2D eigenvalue weighted by molar-refractivity contribution is 0.0777. The number of carbonyl (C=O) groups excluding carboxylic acids is 1. The number of carbonyl (C=O) groups is 1. The molecule has 0 radical (unpaired) electrons. The highest BCUT2D eigenvalue weighted by Crippen LogP contribution is 2.19. The molecule has 4 heteroatoms. The SMILES string of the molecule is CCCC(Oc1ccc(Cl)cc1)C(=O)c1cccnc1. The van der Waals surface area contributed by atoms with Crippen molar-refractivity contribution in [2.45, 2.75) is 25.9 Å². The zero-order chi connectivity index (χ0) is 14.4. The van der Waals surface area contributed by atoms with Gasteiger partial charge in [-0.15, -0.1) is 0 Å². The van der Waals surface area contributed by atoms with Crippen molar-refractivity contribution in [3.8, 4) is 5.75 Å². The molecule has 2 rings (SSSR count). The van der Waals surface area contributed by atoms with Gasteiger partial charge in [-0.1, -0.05) is 24.9 Å². The molecule has 0 spiro atoms. The first-order valence-electron chi connectivity index (χ1n) is 6.57. The molecule has 1 heterocycles. The van der Waals surface area contributed by atoms with Gasteiger partial charge in [0.1, 0.15) is 5.75 Å². The fourth-order valence-electron chi connectivity index (χ4n) is 1.88. The monoisotopic (exact) mass is 289 g/mol. The molecular weight excluding hydrogens is 274 g/mol. The molecule has 0 aliphatic rings. The van der Waals surface area contributed by atoms with Gasteiger partial charge in [-0.25, -0.2) is 0 Å². The first-order valence-corrected chi connectivity index (χ1v) is 6.95. The summed E-state index contributed by atoms with van der Waals surface area (Å²) in [6.45, 7) is 2.02. The van der Waals surface area contributed by atoms with Crippen LogP contribution in [0.2, 0.25) is 5.02 Å². The summed E-state index contributed by atoms with van der Waals surface area (Å²) in [4.78, 5) is 16.4. The standard InChI is InChI=1S/C16H16ClNO2/c1-2-4-15(16(19)12-5-3-10-18-11-12)20-14-8-6-13(17)7-9-14/h3,5-11,15H,2,4H2,1H3. The number of Topliss-reactive ketones (excluding diaryl/α,β-unsaturated/α-hetero) is 1. The van der Waals surface area contributed by atoms with E-state index in [9.17, 15) is 4.79 Å². The minimum Gasteiger partial charge on any atom is -0.482 e. The maximum atomic E-state index is 12.4. The van der Waals surface area contributed by atoms with Crippen molar-refractivity contribution in [3.05, 3.63) is 59.4 Å². The van der Waals surface area contributed by atoms with Gasteiger partial charge in [0.25, 0.3) is 0 Å². The average Bonchev–Trinajstić information content (AvgIpc) is 2.49. The van der Waals surface area contributed by atoms with Gasteiger partial charge >= 0.3 is 0 Å². The highest BCUT2D eigenvalue weighted by Gasteiger charge is 2.21. The maximum Gasteiger partial charge on any atom is 0.204 e. The van der Waals surface area contributed by atoms with Crippen molar-refractivity contribution in [2.75, 3.05) is 0 Å². The Bertz CT molecular complexity index is 554. The number of pyridine rings is 1. The number of hydrogen-bond donors (Lipinski definition) is 0. The molecule has 0 fully saturated rings. The number of ether oxygens (including phenoxy) is 1. The fourth-order valence-corrected chi connectivity index (χ4v) is 2.00. The van der Waals surface area contributed by atoms with Gasteiger partial charge < -0.3 is 4.74 Å². The first kappa shape index (κ1) is 14.5. The van der Waals surface area contributed by atoms with Crippen molar-refractivity contribution in [2.24, 2.45) is 0 Å². The van der Waals surface area contributed by atoms with Crippen LogP contribution in [-0.2, 0) is 0 Å². The quantitative estimate of drug-likeness (QED) is 0.749. The van der Waals surface area contributed by atoms with Gasteiger partial charge in [-0.05, 0) is 42.8 Å². The third-order valence-electron chi connectivity index (χ3n) is 2.88. The van der Waals surface area contributed by atoms with Gasteiger partial charge in [-0.3, -0.25) is 9.78 Å². The molecule has 104 valence electrons. The second-order valence-electron chi connectivity index (χ2n) is 4.46. The Morgan fingerprint density at radius 1 is 1.30 bits per heavy atom. The Kier molecular flexibility index (Phi) is 5.13. The van der Waals surface area contributed by atoms with Crippen molar-refractivity contribution < 1.29 is 9.53 Å². The second kappa shape index (κ2) is 7.06. The van der Waals surface area contributed by atoms with Crippen LogP contribution in [0.25, 0.3) is 0 Å². The minimum atomic E-state index is -0.495. The molecule has 1 aromatic heterocycles. The zero-order valence-electron chi connectivity index (χ0n) is 11.3. The van der Waals surface area contributed by atoms with E-state index in [2.05, 4.69) is 4.98 Å². The summed E-state index contributed by atoms with van der Waals surface area (Å²) in [6.07, 6.45) is 4.24. The van der Waals surface area contributed by atoms with Gasteiger partial charge in [-0.2, -0.15) is 0 Å². The second-order valence-corrected chi connectivity index (χ2v) is 4.89. The molecule has 20 heavy (non-hydrogen) atoms. The average molecular weight is 290 g/mol. The molecule has 0 aliphatic carbocycles. The van der Waals surface area contributed by atoms with E-state index in [4.69, 9.17) is 16.3 Å². The molecular formula is C16H16ClNO2. The number of benzene rings is 1. The Morgan fingerprint density at radius 3 is 2.65 bits per heavy atom. The molecule has 1 atom stereocenters. The van der Waals surface area contributed by atoms with Crippen LogP contribution in [-0.4, -0.2) is 16.9 Å². The van der Waals surface area contributed by atoms with Crippen LogP contribution >= 0.6 is 11.6 Å². The fraction of sp³-hybridized carbons (Fsp3) is 0.250. The molecule has 1 unspecified atom stereocenters. The Hall–Kier alpha value is -1.87. The van der Waals surface area contributed by atoms with Crippen molar-refractivity contribution in [1.82, 2.24) is 4.98 Å². The van der Waals surface area contributed by atoms with E-state index in [1.807, 2.05) is 6.92 Å². The van der Waals surface area contributed by atoms with Crippen molar-refractivity contribution in [1.29, 1.82) is 0 Å². The zero-order valence-corrected chi connectivity index (χ0v) is 12.0. The third-order valence-corrected chi connectivity index (χ3v) is 3.13. The molecule has 3 nitrogen and oxygen atoms in total. The number of ketones is 1. The largest absolute Gasteiger partial charge is 0.482 e. The van der Waals surface area contributed by atoms with E-state index in [0.717, 1.165) is 6.42 Å². The predicted octanol–water partition coefficient (Wildman–Crippen LogP) is 4.17. The topological polar surface area (TPSA) is 39.2 Å². The lowest BCUT2D eigenvalue weighted by Gasteiger charge is -2.17. The normalized spacial score (nSPS) is 11.9. The van der Waals surface area contributed by atoms with Gasteiger partial charge in [0.2, 0.25) is 5.78 Å². The highest BCUT2D eigenvalue weighted by molar-refractivity contribution is 6.30. The lowest BCUT2D eigenvalue weighted by atomic mass is 10.0.